The summed E-state index contributed by atoms with van der Waals surface area (Å²) in [7, 11) is 0. The molecule has 3 heteroatoms. The van der Waals surface area contributed by atoms with Gasteiger partial charge in [0.15, 0.2) is 0 Å². The van der Waals surface area contributed by atoms with E-state index >= 15 is 0 Å². The molecule has 1 unspecified atom stereocenters. The van der Waals surface area contributed by atoms with Gasteiger partial charge in [0.2, 0.25) is 5.91 Å². The van der Waals surface area contributed by atoms with E-state index in [1.165, 1.54) is 0 Å². The molecule has 21 heavy (non-hydrogen) atoms. The number of Topliss-reactive ketones (excluding diaryl/α,β-unsaturated/α-hetero) is 1. The summed E-state index contributed by atoms with van der Waals surface area (Å²) >= 11 is 0. The lowest BCUT2D eigenvalue weighted by Crippen LogP contribution is -2.34. The second-order valence-corrected chi connectivity index (χ2v) is 7.78. The van der Waals surface area contributed by atoms with Gasteiger partial charge in [0.25, 0.3) is 0 Å². The third-order valence-electron chi connectivity index (χ3n) is 5.48. The standard InChI is InChI=1S/C18H31NO2/c1-12(2)16-9-17(20)19(11-16)10-14-5-7-15(8-6-14)18(21)13(3)4/h12-16H,5-11H2,1-4H3. The zero-order chi connectivity index (χ0) is 15.6. The summed E-state index contributed by atoms with van der Waals surface area (Å²) in [5, 5.41) is 0. The Morgan fingerprint density at radius 1 is 1.14 bits per heavy atom. The molecule has 0 N–H and O–H groups in total. The van der Waals surface area contributed by atoms with Crippen LogP contribution in [0.4, 0.5) is 0 Å². The van der Waals surface area contributed by atoms with Crippen molar-refractivity contribution >= 4 is 11.7 Å². The zero-order valence-corrected chi connectivity index (χ0v) is 14.1. The van der Waals surface area contributed by atoms with E-state index in [0.717, 1.165) is 45.2 Å². The Kier molecular flexibility index (Phi) is 5.45. The molecule has 120 valence electrons. The minimum absolute atomic E-state index is 0.165. The molecule has 0 spiro atoms. The molecule has 1 heterocycles. The molecule has 0 aromatic carbocycles. The van der Waals surface area contributed by atoms with Crippen LogP contribution in [0.3, 0.4) is 0 Å². The van der Waals surface area contributed by atoms with Gasteiger partial charge in [-0.05, 0) is 43.4 Å². The fourth-order valence-corrected chi connectivity index (χ4v) is 3.84. The molecule has 0 aromatic heterocycles. The fourth-order valence-electron chi connectivity index (χ4n) is 3.84. The normalized spacial score (nSPS) is 30.5. The average Bonchev–Trinajstić information content (AvgIpc) is 2.80. The van der Waals surface area contributed by atoms with Crippen molar-refractivity contribution in [3.63, 3.8) is 0 Å². The van der Waals surface area contributed by atoms with Gasteiger partial charge < -0.3 is 4.90 Å². The van der Waals surface area contributed by atoms with Crippen molar-refractivity contribution < 1.29 is 9.59 Å². The maximum Gasteiger partial charge on any atom is 0.222 e. The fraction of sp³-hybridized carbons (Fsp3) is 0.889. The number of likely N-dealkylation sites (tertiary alicyclic amines) is 1. The number of amides is 1. The first-order valence-electron chi connectivity index (χ1n) is 8.70. The van der Waals surface area contributed by atoms with Crippen LogP contribution in [0.25, 0.3) is 0 Å². The number of hydrogen-bond acceptors (Lipinski definition) is 2. The molecule has 1 saturated heterocycles. The molecule has 1 amide bonds. The lowest BCUT2D eigenvalue weighted by Gasteiger charge is -2.31. The van der Waals surface area contributed by atoms with Crippen molar-refractivity contribution in [3.8, 4) is 0 Å². The van der Waals surface area contributed by atoms with Crippen LogP contribution in [0, 0.1) is 29.6 Å². The first-order chi connectivity index (χ1) is 9.88. The van der Waals surface area contributed by atoms with Crippen molar-refractivity contribution in [2.24, 2.45) is 29.6 Å². The minimum atomic E-state index is 0.165. The average molecular weight is 293 g/mol. The first-order valence-corrected chi connectivity index (χ1v) is 8.70. The topological polar surface area (TPSA) is 37.4 Å². The van der Waals surface area contributed by atoms with Gasteiger partial charge in [-0.1, -0.05) is 27.7 Å². The molecular formula is C18H31NO2. The molecule has 2 aliphatic rings. The van der Waals surface area contributed by atoms with Crippen molar-refractivity contribution in [3.05, 3.63) is 0 Å². The highest BCUT2D eigenvalue weighted by Gasteiger charge is 2.34. The molecule has 1 saturated carbocycles. The summed E-state index contributed by atoms with van der Waals surface area (Å²) < 4.78 is 0. The highest BCUT2D eigenvalue weighted by atomic mass is 16.2. The van der Waals surface area contributed by atoms with Crippen LogP contribution in [0.1, 0.15) is 59.8 Å². The number of carbonyl (C=O) groups is 2. The van der Waals surface area contributed by atoms with Gasteiger partial charge in [0, 0.05) is 31.3 Å². The van der Waals surface area contributed by atoms with Crippen LogP contribution in [-0.2, 0) is 9.59 Å². The van der Waals surface area contributed by atoms with Gasteiger partial charge >= 0.3 is 0 Å². The number of rotatable bonds is 5. The maximum absolute atomic E-state index is 12.1. The van der Waals surface area contributed by atoms with E-state index in [1.54, 1.807) is 0 Å². The van der Waals surface area contributed by atoms with Gasteiger partial charge in [-0.15, -0.1) is 0 Å². The third-order valence-corrected chi connectivity index (χ3v) is 5.48. The van der Waals surface area contributed by atoms with Crippen molar-refractivity contribution in [1.29, 1.82) is 0 Å². The second kappa shape index (κ2) is 6.93. The van der Waals surface area contributed by atoms with Gasteiger partial charge in [-0.2, -0.15) is 0 Å². The van der Waals surface area contributed by atoms with Crippen molar-refractivity contribution in [1.82, 2.24) is 4.90 Å². The summed E-state index contributed by atoms with van der Waals surface area (Å²) in [6.45, 7) is 10.3. The molecule has 1 aliphatic heterocycles. The van der Waals surface area contributed by atoms with Crippen LogP contribution in [-0.4, -0.2) is 29.7 Å². The molecule has 2 rings (SSSR count). The Morgan fingerprint density at radius 3 is 2.24 bits per heavy atom. The highest BCUT2D eigenvalue weighted by molar-refractivity contribution is 5.82. The highest BCUT2D eigenvalue weighted by Crippen LogP contribution is 2.33. The van der Waals surface area contributed by atoms with Crippen LogP contribution >= 0.6 is 0 Å². The molecule has 0 radical (unpaired) electrons. The summed E-state index contributed by atoms with van der Waals surface area (Å²) in [5.41, 5.74) is 0. The maximum atomic E-state index is 12.1. The Balaban J connectivity index is 1.79. The predicted molar refractivity (Wildman–Crippen MR) is 84.8 cm³/mol. The summed E-state index contributed by atoms with van der Waals surface area (Å²) in [4.78, 5) is 26.2. The Labute approximate surface area is 129 Å². The van der Waals surface area contributed by atoms with E-state index < -0.39 is 0 Å². The molecular weight excluding hydrogens is 262 g/mol. The Morgan fingerprint density at radius 2 is 1.76 bits per heavy atom. The Bertz CT molecular complexity index is 381. The number of ketones is 1. The molecule has 0 bridgehead atoms. The molecule has 1 aliphatic carbocycles. The lowest BCUT2D eigenvalue weighted by atomic mass is 9.77. The predicted octanol–water partition coefficient (Wildman–Crippen LogP) is 3.52. The summed E-state index contributed by atoms with van der Waals surface area (Å²) in [6.07, 6.45) is 5.01. The van der Waals surface area contributed by atoms with E-state index in [9.17, 15) is 9.59 Å². The quantitative estimate of drug-likeness (QED) is 0.777. The monoisotopic (exact) mass is 293 g/mol. The summed E-state index contributed by atoms with van der Waals surface area (Å²) in [6, 6.07) is 0. The van der Waals surface area contributed by atoms with Gasteiger partial charge in [0.1, 0.15) is 5.78 Å². The van der Waals surface area contributed by atoms with E-state index in [-0.39, 0.29) is 11.8 Å². The van der Waals surface area contributed by atoms with E-state index in [4.69, 9.17) is 0 Å². The van der Waals surface area contributed by atoms with Crippen LogP contribution in [0.5, 0.6) is 0 Å². The number of hydrogen-bond donors (Lipinski definition) is 0. The zero-order valence-electron chi connectivity index (χ0n) is 14.1. The van der Waals surface area contributed by atoms with E-state index in [1.807, 2.05) is 13.8 Å². The van der Waals surface area contributed by atoms with Gasteiger partial charge in [0.05, 0.1) is 0 Å². The van der Waals surface area contributed by atoms with Crippen LogP contribution in [0.15, 0.2) is 0 Å². The van der Waals surface area contributed by atoms with Crippen LogP contribution < -0.4 is 0 Å². The minimum Gasteiger partial charge on any atom is -0.342 e. The first kappa shape index (κ1) is 16.5. The van der Waals surface area contributed by atoms with Crippen molar-refractivity contribution in [2.45, 2.75) is 59.8 Å². The van der Waals surface area contributed by atoms with Gasteiger partial charge in [-0.25, -0.2) is 0 Å². The van der Waals surface area contributed by atoms with Crippen molar-refractivity contribution in [2.75, 3.05) is 13.1 Å². The molecule has 2 fully saturated rings. The summed E-state index contributed by atoms with van der Waals surface area (Å²) in [5.74, 6) is 2.96. The van der Waals surface area contributed by atoms with E-state index in [2.05, 4.69) is 18.7 Å². The van der Waals surface area contributed by atoms with Gasteiger partial charge in [-0.3, -0.25) is 9.59 Å². The number of nitrogens with zero attached hydrogens (tertiary/aromatic N) is 1. The third kappa shape index (κ3) is 4.08. The van der Waals surface area contributed by atoms with Crippen LogP contribution in [0.2, 0.25) is 0 Å². The molecule has 1 atom stereocenters. The molecule has 3 nitrogen and oxygen atoms in total. The lowest BCUT2D eigenvalue weighted by molar-refractivity contribution is -0.130. The number of carbonyl (C=O) groups excluding carboxylic acids is 2. The van der Waals surface area contributed by atoms with E-state index in [0.29, 0.717) is 29.4 Å². The Hall–Kier alpha value is -0.860. The second-order valence-electron chi connectivity index (χ2n) is 7.78. The largest absolute Gasteiger partial charge is 0.342 e. The SMILES string of the molecule is CC(C)C(=O)C1CCC(CN2CC(C(C)C)CC2=O)CC1. The molecule has 0 aromatic rings. The smallest absolute Gasteiger partial charge is 0.222 e.